The molecular formula is C13H12N2S2. The van der Waals surface area contributed by atoms with Crippen LogP contribution in [0.2, 0.25) is 0 Å². The van der Waals surface area contributed by atoms with Crippen molar-refractivity contribution in [3.05, 3.63) is 52.2 Å². The molecule has 0 saturated carbocycles. The monoisotopic (exact) mass is 260 g/mol. The summed E-state index contributed by atoms with van der Waals surface area (Å²) in [5, 5.41) is 2.07. The van der Waals surface area contributed by atoms with Gasteiger partial charge in [-0.3, -0.25) is 4.99 Å². The van der Waals surface area contributed by atoms with E-state index in [4.69, 9.17) is 5.73 Å². The summed E-state index contributed by atoms with van der Waals surface area (Å²) >= 11 is 3.51. The van der Waals surface area contributed by atoms with Crippen LogP contribution in [0.5, 0.6) is 0 Å². The van der Waals surface area contributed by atoms with Gasteiger partial charge in [0, 0.05) is 10.6 Å². The molecule has 1 aliphatic rings. The number of fused-ring (bicyclic) bond motifs is 1. The van der Waals surface area contributed by atoms with Crippen LogP contribution in [0.1, 0.15) is 16.5 Å². The molecule has 1 aromatic carbocycles. The highest BCUT2D eigenvalue weighted by atomic mass is 32.2. The predicted octanol–water partition coefficient (Wildman–Crippen LogP) is 3.30. The second kappa shape index (κ2) is 4.55. The van der Waals surface area contributed by atoms with Crippen molar-refractivity contribution in [2.24, 2.45) is 10.7 Å². The third-order valence-electron chi connectivity index (χ3n) is 2.74. The average Bonchev–Trinajstić information content (AvgIpc) is 2.78. The number of benzene rings is 1. The van der Waals surface area contributed by atoms with E-state index in [1.165, 1.54) is 10.5 Å². The number of thioether (sulfide) groups is 1. The van der Waals surface area contributed by atoms with E-state index in [0.29, 0.717) is 5.84 Å². The number of nitrogens with two attached hydrogens (primary N) is 1. The molecule has 0 radical (unpaired) electrons. The second-order valence-electron chi connectivity index (χ2n) is 3.87. The lowest BCUT2D eigenvalue weighted by molar-refractivity contribution is 0.835. The predicted molar refractivity (Wildman–Crippen MR) is 75.0 cm³/mol. The Kier molecular flexibility index (Phi) is 2.91. The number of hydrogen-bond donors (Lipinski definition) is 1. The molecule has 1 atom stereocenters. The van der Waals surface area contributed by atoms with E-state index >= 15 is 0 Å². The van der Waals surface area contributed by atoms with Crippen molar-refractivity contribution in [2.75, 3.05) is 5.75 Å². The summed E-state index contributed by atoms with van der Waals surface area (Å²) in [4.78, 5) is 7.02. The zero-order valence-corrected chi connectivity index (χ0v) is 10.8. The standard InChI is InChI=1S/C13H12N2S2/c14-13-12-11(6-7-16-12)17-8-10(15-13)9-4-2-1-3-5-9/h1-7,10H,8H2,(H2,14,15)/t10-/m1/s1. The van der Waals surface area contributed by atoms with Crippen LogP contribution in [0.3, 0.4) is 0 Å². The normalized spacial score (nSPS) is 19.3. The summed E-state index contributed by atoms with van der Waals surface area (Å²) in [5.74, 6) is 1.63. The molecule has 0 aliphatic carbocycles. The highest BCUT2D eigenvalue weighted by Gasteiger charge is 2.19. The lowest BCUT2D eigenvalue weighted by Gasteiger charge is -2.10. The lowest BCUT2D eigenvalue weighted by Crippen LogP contribution is -2.13. The van der Waals surface area contributed by atoms with Crippen molar-refractivity contribution in [3.63, 3.8) is 0 Å². The molecule has 2 aromatic rings. The number of amidine groups is 1. The molecule has 4 heteroatoms. The fraction of sp³-hybridized carbons (Fsp3) is 0.154. The summed E-state index contributed by atoms with van der Waals surface area (Å²) < 4.78 is 0. The maximum atomic E-state index is 6.07. The Balaban J connectivity index is 1.97. The smallest absolute Gasteiger partial charge is 0.137 e. The maximum Gasteiger partial charge on any atom is 0.137 e. The van der Waals surface area contributed by atoms with Gasteiger partial charge in [0.2, 0.25) is 0 Å². The Hall–Kier alpha value is -1.26. The Bertz CT molecular complexity index is 546. The minimum atomic E-state index is 0.167. The summed E-state index contributed by atoms with van der Waals surface area (Å²) in [7, 11) is 0. The van der Waals surface area contributed by atoms with E-state index in [2.05, 4.69) is 28.6 Å². The van der Waals surface area contributed by atoms with E-state index in [1.54, 1.807) is 11.3 Å². The molecule has 0 saturated heterocycles. The van der Waals surface area contributed by atoms with Gasteiger partial charge in [-0.15, -0.1) is 23.1 Å². The van der Waals surface area contributed by atoms with Crippen molar-refractivity contribution >= 4 is 28.9 Å². The molecule has 2 N–H and O–H groups in total. The van der Waals surface area contributed by atoms with Crippen molar-refractivity contribution < 1.29 is 0 Å². The Morgan fingerprint density at radius 3 is 2.82 bits per heavy atom. The van der Waals surface area contributed by atoms with Crippen molar-refractivity contribution in [1.29, 1.82) is 0 Å². The second-order valence-corrected chi connectivity index (χ2v) is 5.84. The molecule has 86 valence electrons. The lowest BCUT2D eigenvalue weighted by atomic mass is 10.1. The highest BCUT2D eigenvalue weighted by Crippen LogP contribution is 2.35. The zero-order valence-electron chi connectivity index (χ0n) is 9.17. The fourth-order valence-corrected chi connectivity index (χ4v) is 3.99. The van der Waals surface area contributed by atoms with Gasteiger partial charge in [0.05, 0.1) is 10.9 Å². The Labute approximate surface area is 109 Å². The molecule has 0 spiro atoms. The Morgan fingerprint density at radius 2 is 2.00 bits per heavy atom. The SMILES string of the molecule is NC1=N[C@@H](c2ccccc2)CSc2ccsc21. The minimum absolute atomic E-state index is 0.167. The summed E-state index contributed by atoms with van der Waals surface area (Å²) in [6, 6.07) is 12.6. The maximum absolute atomic E-state index is 6.07. The zero-order chi connectivity index (χ0) is 11.7. The molecule has 2 nitrogen and oxygen atoms in total. The molecule has 2 heterocycles. The molecule has 3 rings (SSSR count). The first-order valence-corrected chi connectivity index (χ1v) is 7.30. The van der Waals surface area contributed by atoms with Gasteiger partial charge in [0.25, 0.3) is 0 Å². The van der Waals surface area contributed by atoms with Crippen molar-refractivity contribution in [3.8, 4) is 0 Å². The van der Waals surface area contributed by atoms with Crippen LogP contribution in [0.25, 0.3) is 0 Å². The molecular weight excluding hydrogens is 248 g/mol. The summed E-state index contributed by atoms with van der Waals surface area (Å²) in [6.07, 6.45) is 0. The van der Waals surface area contributed by atoms with E-state index in [9.17, 15) is 0 Å². The third-order valence-corrected chi connectivity index (χ3v) is 4.94. The number of aliphatic imine (C=N–C) groups is 1. The van der Waals surface area contributed by atoms with Gasteiger partial charge < -0.3 is 5.73 Å². The molecule has 0 unspecified atom stereocenters. The van der Waals surface area contributed by atoms with Crippen LogP contribution >= 0.6 is 23.1 Å². The highest BCUT2D eigenvalue weighted by molar-refractivity contribution is 7.99. The first-order chi connectivity index (χ1) is 8.34. The molecule has 17 heavy (non-hydrogen) atoms. The van der Waals surface area contributed by atoms with Crippen LogP contribution in [0.15, 0.2) is 51.7 Å². The van der Waals surface area contributed by atoms with E-state index < -0.39 is 0 Å². The van der Waals surface area contributed by atoms with Gasteiger partial charge in [-0.1, -0.05) is 30.3 Å². The van der Waals surface area contributed by atoms with Gasteiger partial charge in [0.15, 0.2) is 0 Å². The molecule has 0 bridgehead atoms. The van der Waals surface area contributed by atoms with Crippen LogP contribution < -0.4 is 5.73 Å². The fourth-order valence-electron chi connectivity index (χ4n) is 1.88. The number of thiophene rings is 1. The Morgan fingerprint density at radius 1 is 1.18 bits per heavy atom. The summed E-state index contributed by atoms with van der Waals surface area (Å²) in [6.45, 7) is 0. The van der Waals surface area contributed by atoms with Crippen LogP contribution in [-0.2, 0) is 0 Å². The van der Waals surface area contributed by atoms with E-state index in [0.717, 1.165) is 10.6 Å². The van der Waals surface area contributed by atoms with E-state index in [1.807, 2.05) is 30.0 Å². The first-order valence-electron chi connectivity index (χ1n) is 5.43. The average molecular weight is 260 g/mol. The summed E-state index contributed by atoms with van der Waals surface area (Å²) in [5.41, 5.74) is 7.30. The van der Waals surface area contributed by atoms with Gasteiger partial charge in [-0.05, 0) is 17.0 Å². The van der Waals surface area contributed by atoms with Crippen molar-refractivity contribution in [1.82, 2.24) is 0 Å². The molecule has 0 fully saturated rings. The molecule has 1 aliphatic heterocycles. The number of hydrogen-bond acceptors (Lipinski definition) is 4. The molecule has 0 amide bonds. The van der Waals surface area contributed by atoms with Gasteiger partial charge in [0.1, 0.15) is 5.84 Å². The van der Waals surface area contributed by atoms with Gasteiger partial charge in [-0.25, -0.2) is 0 Å². The molecule has 1 aromatic heterocycles. The quantitative estimate of drug-likeness (QED) is 0.854. The topological polar surface area (TPSA) is 38.4 Å². The van der Waals surface area contributed by atoms with Crippen LogP contribution in [0.4, 0.5) is 0 Å². The first kappa shape index (κ1) is 10.9. The van der Waals surface area contributed by atoms with Crippen molar-refractivity contribution in [2.45, 2.75) is 10.9 Å². The van der Waals surface area contributed by atoms with Gasteiger partial charge >= 0.3 is 0 Å². The van der Waals surface area contributed by atoms with Gasteiger partial charge in [-0.2, -0.15) is 0 Å². The van der Waals surface area contributed by atoms with Crippen LogP contribution in [0, 0.1) is 0 Å². The third kappa shape index (κ3) is 2.10. The largest absolute Gasteiger partial charge is 0.383 e. The van der Waals surface area contributed by atoms with Crippen LogP contribution in [-0.4, -0.2) is 11.6 Å². The number of rotatable bonds is 1. The minimum Gasteiger partial charge on any atom is -0.383 e. The number of nitrogens with zero attached hydrogens (tertiary/aromatic N) is 1. The van der Waals surface area contributed by atoms with E-state index in [-0.39, 0.29) is 6.04 Å².